The molecule has 0 N–H and O–H groups in total. The monoisotopic (exact) mass is 291 g/mol. The van der Waals surface area contributed by atoms with Gasteiger partial charge in [0.25, 0.3) is 0 Å². The van der Waals surface area contributed by atoms with Crippen molar-refractivity contribution in [3.05, 3.63) is 0 Å². The van der Waals surface area contributed by atoms with E-state index in [-0.39, 0.29) is 17.1 Å². The van der Waals surface area contributed by atoms with Crippen LogP contribution in [0.15, 0.2) is 0 Å². The summed E-state index contributed by atoms with van der Waals surface area (Å²) in [6.45, 7) is 0. The van der Waals surface area contributed by atoms with Crippen LogP contribution < -0.4 is 0 Å². The molecule has 0 saturated carbocycles. The zero-order valence-corrected chi connectivity index (χ0v) is 6.73. The molecule has 8 heteroatoms. The van der Waals surface area contributed by atoms with Crippen LogP contribution in [0.1, 0.15) is 0 Å². The molecule has 0 nitrogen and oxygen atoms in total. The molecule has 0 aromatic carbocycles. The summed E-state index contributed by atoms with van der Waals surface area (Å²) in [5, 5.41) is 0. The maximum absolute atomic E-state index is 11.2. The maximum atomic E-state index is 9.93. The second-order valence-corrected chi connectivity index (χ2v) is 6.43. The molecular weight excluding hydrogens is 292 g/mol. The van der Waals surface area contributed by atoms with Crippen LogP contribution >= 0.6 is 0 Å². The molecule has 0 fully saturated rings. The number of rotatable bonds is 0. The fourth-order valence-electron chi connectivity index (χ4n) is 0. The summed E-state index contributed by atoms with van der Waals surface area (Å²) in [6.07, 6.45) is 0. The van der Waals surface area contributed by atoms with Crippen LogP contribution in [0.25, 0.3) is 0 Å². The van der Waals surface area contributed by atoms with Crippen LogP contribution in [0.2, 0.25) is 0 Å². The van der Waals surface area contributed by atoms with Crippen molar-refractivity contribution in [2.75, 3.05) is 0 Å². The van der Waals surface area contributed by atoms with E-state index in [1.54, 1.807) is 0 Å². The van der Waals surface area contributed by atoms with Gasteiger partial charge in [-0.25, -0.2) is 0 Å². The van der Waals surface area contributed by atoms with Gasteiger partial charge in [-0.1, -0.05) is 0 Å². The molecule has 0 aromatic rings. The topological polar surface area (TPSA) is 0 Å². The minimum Gasteiger partial charge on any atom is -1.00 e. The summed E-state index contributed by atoms with van der Waals surface area (Å²) >= 11 is -11.2. The van der Waals surface area contributed by atoms with Crippen LogP contribution in [0.5, 0.6) is 0 Å². The van der Waals surface area contributed by atoms with Crippen LogP contribution in [0.4, 0.5) is 16.9 Å². The zero-order chi connectivity index (χ0) is 6.41. The second-order valence-electron chi connectivity index (χ2n) is 0.958. The molecule has 1 radical (unpaired) electrons. The van der Waals surface area contributed by atoms with Crippen LogP contribution in [-0.2, 0) is 17.1 Å². The van der Waals surface area contributed by atoms with E-state index in [0.717, 1.165) is 0 Å². The molecule has 0 aromatic heterocycles. The number of hydrogen-bond acceptors (Lipinski definition) is 0. The Morgan fingerprint density at radius 2 is 0.625 bits per heavy atom. The quantitative estimate of drug-likeness (QED) is 0.474. The number of hydrogen-bond donors (Lipinski definition) is 0. The van der Waals surface area contributed by atoms with E-state index in [2.05, 4.69) is 0 Å². The first-order chi connectivity index (χ1) is 2.45. The van der Waals surface area contributed by atoms with Crippen LogP contribution in [0.3, 0.4) is 0 Å². The Morgan fingerprint density at radius 1 is 0.625 bits per heavy atom. The molecule has 0 saturated heterocycles. The third kappa shape index (κ3) is 288. The molecule has 0 aliphatic carbocycles. The van der Waals surface area contributed by atoms with Gasteiger partial charge in [-0.15, -0.1) is 0 Å². The van der Waals surface area contributed by atoms with Crippen molar-refractivity contribution in [2.24, 2.45) is 0 Å². The summed E-state index contributed by atoms with van der Waals surface area (Å²) < 4.78 is 59.6. The first-order valence-electron chi connectivity index (χ1n) is 1.01. The Labute approximate surface area is 53.6 Å². The maximum Gasteiger partial charge on any atom is -1.00 e. The molecule has 0 atom stereocenters. The van der Waals surface area contributed by atoms with Gasteiger partial charge in [0.1, 0.15) is 0 Å². The smallest absolute Gasteiger partial charge is 1.00 e. The average Bonchev–Trinajstić information content (AvgIpc) is 0.592. The molecule has 0 heterocycles. The van der Waals surface area contributed by atoms with Gasteiger partial charge in [0.05, 0.1) is 0 Å². The largest absolute Gasteiger partial charge is 1.00 e. The molecule has 0 spiro atoms. The van der Waals surface area contributed by atoms with Gasteiger partial charge in [0.2, 0.25) is 0 Å². The number of halogens is 6. The Bertz CT molecular complexity index is 67.1. The van der Waals surface area contributed by atoms with E-state index in [0.29, 0.717) is 0 Å². The Balaban J connectivity index is 0. The molecule has 0 aliphatic rings. The minimum absolute atomic E-state index is 0. The molecule has 0 amide bonds. The van der Waals surface area contributed by atoms with E-state index in [1.165, 1.54) is 0 Å². The summed E-state index contributed by atoms with van der Waals surface area (Å²) in [4.78, 5) is 0. The normalized spacial score (nSPS) is 20.2. The third-order valence-electron chi connectivity index (χ3n) is 0. The van der Waals surface area contributed by atoms with Crippen molar-refractivity contribution in [3.63, 3.8) is 0 Å². The summed E-state index contributed by atoms with van der Waals surface area (Å²) in [5.74, 6) is 0. The van der Waals surface area contributed by atoms with Crippen LogP contribution in [0, 0.1) is 0 Å². The first-order valence-corrected chi connectivity index (χ1v) is 6.80. The fourth-order valence-corrected chi connectivity index (χ4v) is 0. The molecule has 0 rings (SSSR count). The van der Waals surface area contributed by atoms with Crippen molar-refractivity contribution in [2.45, 2.75) is 0 Å². The minimum atomic E-state index is -11.2. The van der Waals surface area contributed by atoms with Gasteiger partial charge in [0.15, 0.2) is 0 Å². The van der Waals surface area contributed by atoms with Crippen molar-refractivity contribution < 1.29 is 33.9 Å². The SMILES string of the molecule is [F][Sb-]([F])([F])([F])([F])[F].[Fe-]. The first kappa shape index (κ1) is 11.7. The molecule has 0 aliphatic heterocycles. The van der Waals surface area contributed by atoms with Crippen molar-refractivity contribution in [3.8, 4) is 0 Å². The van der Waals surface area contributed by atoms with Gasteiger partial charge in [-0.05, 0) is 0 Å². The van der Waals surface area contributed by atoms with E-state index >= 15 is 0 Å². The Kier molecular flexibility index (Phi) is 2.18. The summed E-state index contributed by atoms with van der Waals surface area (Å²) in [6, 6.07) is 0. The van der Waals surface area contributed by atoms with Gasteiger partial charge in [-0.2, -0.15) is 0 Å². The summed E-state index contributed by atoms with van der Waals surface area (Å²) in [5.41, 5.74) is 0. The predicted molar refractivity (Wildman–Crippen MR) is 12.4 cm³/mol. The molecule has 0 unspecified atom stereocenters. The summed E-state index contributed by atoms with van der Waals surface area (Å²) in [7, 11) is 0. The molecule has 8 heavy (non-hydrogen) atoms. The molecule has 0 bridgehead atoms. The van der Waals surface area contributed by atoms with Crippen LogP contribution in [-0.4, -0.2) is 19.5 Å². The average molecular weight is 292 g/mol. The van der Waals surface area contributed by atoms with Gasteiger partial charge < -0.3 is 17.1 Å². The van der Waals surface area contributed by atoms with E-state index < -0.39 is 19.5 Å². The Morgan fingerprint density at radius 3 is 0.625 bits per heavy atom. The van der Waals surface area contributed by atoms with E-state index in [4.69, 9.17) is 0 Å². The Hall–Kier alpha value is 0.918. The molecular formula is F6FeSb-2. The van der Waals surface area contributed by atoms with Gasteiger partial charge in [0, 0.05) is 0 Å². The molecule has 57 valence electrons. The van der Waals surface area contributed by atoms with E-state index in [9.17, 15) is 16.9 Å². The van der Waals surface area contributed by atoms with Gasteiger partial charge >= 0.3 is 36.4 Å². The predicted octanol–water partition coefficient (Wildman–Crippen LogP) is 2.14. The second kappa shape index (κ2) is 1.50. The van der Waals surface area contributed by atoms with Crippen molar-refractivity contribution in [1.82, 2.24) is 0 Å². The van der Waals surface area contributed by atoms with Gasteiger partial charge in [-0.3, -0.25) is 0 Å². The van der Waals surface area contributed by atoms with Crippen molar-refractivity contribution >= 4 is 19.5 Å². The van der Waals surface area contributed by atoms with E-state index in [1.807, 2.05) is 0 Å². The zero-order valence-electron chi connectivity index (χ0n) is 3.07. The fraction of sp³-hybridized carbons (Fsp3) is 0. The van der Waals surface area contributed by atoms with Crippen molar-refractivity contribution in [1.29, 1.82) is 0 Å². The standard InChI is InChI=1S/6FH.Fe.Sb/h6*1H;;/q;;;;;;-1;+5/p-6. The third-order valence-corrected chi connectivity index (χ3v) is 0.